The SMILES string of the molecule is CCCNC1CC(Oc2c(Br)cccc2OC)C1OC. The number of halogens is 1. The molecule has 0 aliphatic heterocycles. The zero-order valence-electron chi connectivity index (χ0n) is 12.2. The molecule has 20 heavy (non-hydrogen) atoms. The van der Waals surface area contributed by atoms with Gasteiger partial charge in [0.2, 0.25) is 0 Å². The van der Waals surface area contributed by atoms with Gasteiger partial charge < -0.3 is 19.5 Å². The maximum Gasteiger partial charge on any atom is 0.175 e. The molecule has 0 heterocycles. The monoisotopic (exact) mass is 343 g/mol. The summed E-state index contributed by atoms with van der Waals surface area (Å²) in [6.45, 7) is 3.17. The van der Waals surface area contributed by atoms with E-state index in [4.69, 9.17) is 14.2 Å². The van der Waals surface area contributed by atoms with Gasteiger partial charge in [-0.1, -0.05) is 13.0 Å². The van der Waals surface area contributed by atoms with Crippen LogP contribution in [0.1, 0.15) is 19.8 Å². The van der Waals surface area contributed by atoms with Crippen molar-refractivity contribution in [1.29, 1.82) is 0 Å². The van der Waals surface area contributed by atoms with E-state index in [2.05, 4.69) is 28.2 Å². The third kappa shape index (κ3) is 3.27. The van der Waals surface area contributed by atoms with Crippen LogP contribution in [0.2, 0.25) is 0 Å². The highest BCUT2D eigenvalue weighted by molar-refractivity contribution is 9.10. The lowest BCUT2D eigenvalue weighted by atomic mass is 9.85. The number of para-hydroxylation sites is 1. The van der Waals surface area contributed by atoms with Gasteiger partial charge in [-0.3, -0.25) is 0 Å². The molecule has 0 amide bonds. The number of methoxy groups -OCH3 is 2. The summed E-state index contributed by atoms with van der Waals surface area (Å²) in [6, 6.07) is 6.15. The van der Waals surface area contributed by atoms with Gasteiger partial charge in [-0.2, -0.15) is 0 Å². The summed E-state index contributed by atoms with van der Waals surface area (Å²) in [6.07, 6.45) is 2.21. The molecule has 1 aliphatic rings. The fourth-order valence-electron chi connectivity index (χ4n) is 2.46. The Labute approximate surface area is 128 Å². The highest BCUT2D eigenvalue weighted by atomic mass is 79.9. The van der Waals surface area contributed by atoms with Crippen LogP contribution in [0, 0.1) is 0 Å². The minimum Gasteiger partial charge on any atom is -0.493 e. The van der Waals surface area contributed by atoms with Gasteiger partial charge in [-0.15, -0.1) is 0 Å². The highest BCUT2D eigenvalue weighted by Gasteiger charge is 2.43. The first-order valence-corrected chi connectivity index (χ1v) is 7.75. The molecule has 0 aromatic heterocycles. The second kappa shape index (κ2) is 7.29. The third-order valence-corrected chi connectivity index (χ3v) is 4.22. The van der Waals surface area contributed by atoms with Crippen molar-refractivity contribution in [3.05, 3.63) is 22.7 Å². The van der Waals surface area contributed by atoms with E-state index in [9.17, 15) is 0 Å². The molecule has 1 N–H and O–H groups in total. The van der Waals surface area contributed by atoms with Crippen molar-refractivity contribution in [2.45, 2.75) is 38.0 Å². The molecule has 112 valence electrons. The molecule has 0 radical (unpaired) electrons. The first-order chi connectivity index (χ1) is 9.71. The number of nitrogens with one attached hydrogen (secondary N) is 1. The fraction of sp³-hybridized carbons (Fsp3) is 0.600. The Morgan fingerprint density at radius 3 is 2.80 bits per heavy atom. The van der Waals surface area contributed by atoms with Crippen molar-refractivity contribution in [3.8, 4) is 11.5 Å². The van der Waals surface area contributed by atoms with Crippen LogP contribution in [-0.2, 0) is 4.74 Å². The Kier molecular flexibility index (Phi) is 5.69. The summed E-state index contributed by atoms with van der Waals surface area (Å²) < 4.78 is 17.9. The molecule has 4 nitrogen and oxygen atoms in total. The van der Waals surface area contributed by atoms with Gasteiger partial charge in [-0.25, -0.2) is 0 Å². The molecule has 5 heteroatoms. The van der Waals surface area contributed by atoms with Crippen molar-refractivity contribution in [3.63, 3.8) is 0 Å². The molecule has 1 fully saturated rings. The number of hydrogen-bond donors (Lipinski definition) is 1. The molecule has 1 saturated carbocycles. The Morgan fingerprint density at radius 1 is 1.35 bits per heavy atom. The van der Waals surface area contributed by atoms with Crippen LogP contribution in [0.3, 0.4) is 0 Å². The molecule has 3 atom stereocenters. The first kappa shape index (κ1) is 15.6. The van der Waals surface area contributed by atoms with E-state index in [0.717, 1.165) is 35.4 Å². The molecule has 2 rings (SSSR count). The molecular formula is C15H22BrNO3. The zero-order chi connectivity index (χ0) is 14.5. The van der Waals surface area contributed by atoms with Crippen LogP contribution in [0.25, 0.3) is 0 Å². The molecule has 3 unspecified atom stereocenters. The summed E-state index contributed by atoms with van der Waals surface area (Å²) in [5, 5.41) is 3.48. The second-order valence-electron chi connectivity index (χ2n) is 4.92. The predicted octanol–water partition coefficient (Wildman–Crippen LogP) is 2.99. The van der Waals surface area contributed by atoms with E-state index < -0.39 is 0 Å². The Balaban J connectivity index is 2.01. The van der Waals surface area contributed by atoms with Crippen molar-refractivity contribution in [1.82, 2.24) is 5.32 Å². The van der Waals surface area contributed by atoms with Gasteiger partial charge in [0.05, 0.1) is 11.6 Å². The lowest BCUT2D eigenvalue weighted by Crippen LogP contribution is -2.61. The lowest BCUT2D eigenvalue weighted by molar-refractivity contribution is -0.0895. The summed E-state index contributed by atoms with van der Waals surface area (Å²) in [7, 11) is 3.38. The topological polar surface area (TPSA) is 39.7 Å². The third-order valence-electron chi connectivity index (χ3n) is 3.60. The van der Waals surface area contributed by atoms with E-state index in [0.29, 0.717) is 6.04 Å². The van der Waals surface area contributed by atoms with Crippen LogP contribution < -0.4 is 14.8 Å². The maximum absolute atomic E-state index is 6.08. The summed E-state index contributed by atoms with van der Waals surface area (Å²) in [5.41, 5.74) is 0. The summed E-state index contributed by atoms with van der Waals surface area (Å²) in [4.78, 5) is 0. The highest BCUT2D eigenvalue weighted by Crippen LogP contribution is 2.38. The smallest absolute Gasteiger partial charge is 0.175 e. The zero-order valence-corrected chi connectivity index (χ0v) is 13.8. The van der Waals surface area contributed by atoms with Gasteiger partial charge in [0.1, 0.15) is 12.2 Å². The van der Waals surface area contributed by atoms with E-state index >= 15 is 0 Å². The van der Waals surface area contributed by atoms with Crippen molar-refractivity contribution >= 4 is 15.9 Å². The standard InChI is InChI=1S/C15H22BrNO3/c1-4-8-17-11-9-13(15(11)19-3)20-14-10(16)6-5-7-12(14)18-2/h5-7,11,13,15,17H,4,8-9H2,1-3H3. The largest absolute Gasteiger partial charge is 0.493 e. The van der Waals surface area contributed by atoms with Gasteiger partial charge in [0.15, 0.2) is 11.5 Å². The van der Waals surface area contributed by atoms with E-state index in [1.54, 1.807) is 14.2 Å². The quantitative estimate of drug-likeness (QED) is 0.826. The molecule has 1 aromatic carbocycles. The van der Waals surface area contributed by atoms with Crippen LogP contribution >= 0.6 is 15.9 Å². The predicted molar refractivity (Wildman–Crippen MR) is 82.6 cm³/mol. The molecule has 0 spiro atoms. The minimum absolute atomic E-state index is 0.0574. The summed E-state index contributed by atoms with van der Waals surface area (Å²) >= 11 is 3.51. The van der Waals surface area contributed by atoms with Crippen LogP contribution in [0.5, 0.6) is 11.5 Å². The number of ether oxygens (including phenoxy) is 3. The number of hydrogen-bond acceptors (Lipinski definition) is 4. The Bertz CT molecular complexity index is 441. The van der Waals surface area contributed by atoms with Gasteiger partial charge in [0, 0.05) is 19.6 Å². The van der Waals surface area contributed by atoms with Gasteiger partial charge in [0.25, 0.3) is 0 Å². The van der Waals surface area contributed by atoms with E-state index in [-0.39, 0.29) is 12.2 Å². The van der Waals surface area contributed by atoms with Crippen molar-refractivity contribution in [2.75, 3.05) is 20.8 Å². The Hall–Kier alpha value is -0.780. The van der Waals surface area contributed by atoms with E-state index in [1.807, 2.05) is 18.2 Å². The fourth-order valence-corrected chi connectivity index (χ4v) is 2.90. The molecule has 0 bridgehead atoms. The maximum atomic E-state index is 6.08. The van der Waals surface area contributed by atoms with Crippen molar-refractivity contribution in [2.24, 2.45) is 0 Å². The average Bonchev–Trinajstić information content (AvgIpc) is 2.43. The molecular weight excluding hydrogens is 322 g/mol. The van der Waals surface area contributed by atoms with Crippen LogP contribution in [0.4, 0.5) is 0 Å². The molecule has 1 aliphatic carbocycles. The van der Waals surface area contributed by atoms with Gasteiger partial charge >= 0.3 is 0 Å². The Morgan fingerprint density at radius 2 is 2.15 bits per heavy atom. The van der Waals surface area contributed by atoms with Gasteiger partial charge in [-0.05, 0) is 41.0 Å². The van der Waals surface area contributed by atoms with Crippen molar-refractivity contribution < 1.29 is 14.2 Å². The molecule has 1 aromatic rings. The number of benzene rings is 1. The normalized spacial score (nSPS) is 25.1. The summed E-state index contributed by atoms with van der Waals surface area (Å²) in [5.74, 6) is 1.48. The first-order valence-electron chi connectivity index (χ1n) is 6.96. The minimum atomic E-state index is 0.0574. The van der Waals surface area contributed by atoms with Crippen LogP contribution in [-0.4, -0.2) is 39.0 Å². The second-order valence-corrected chi connectivity index (χ2v) is 5.78. The number of rotatable bonds is 7. The lowest BCUT2D eigenvalue weighted by Gasteiger charge is -2.43. The average molecular weight is 344 g/mol. The van der Waals surface area contributed by atoms with Crippen LogP contribution in [0.15, 0.2) is 22.7 Å². The van der Waals surface area contributed by atoms with E-state index in [1.165, 1.54) is 0 Å². The molecule has 0 saturated heterocycles.